The molecule has 1 amide bonds. The van der Waals surface area contributed by atoms with Crippen molar-refractivity contribution in [2.75, 3.05) is 0 Å². The van der Waals surface area contributed by atoms with Crippen molar-refractivity contribution in [2.45, 2.75) is 6.92 Å². The molecule has 2 rings (SSSR count). The van der Waals surface area contributed by atoms with Gasteiger partial charge in [0, 0.05) is 24.1 Å². The number of hydrogen-bond donors (Lipinski definition) is 1. The fraction of sp³-hybridized carbons (Fsp3) is 0.0909. The normalized spacial score (nSPS) is 9.81. The molecule has 1 aromatic heterocycles. The van der Waals surface area contributed by atoms with Crippen molar-refractivity contribution in [3.8, 4) is 16.3 Å². The van der Waals surface area contributed by atoms with Crippen LogP contribution in [-0.2, 0) is 4.79 Å². The van der Waals surface area contributed by atoms with Crippen LogP contribution in [0, 0.1) is 0 Å². The Bertz CT molecular complexity index is 465. The van der Waals surface area contributed by atoms with E-state index < -0.39 is 0 Å². The quantitative estimate of drug-likeness (QED) is 0.829. The van der Waals surface area contributed by atoms with E-state index in [9.17, 15) is 4.79 Å². The van der Waals surface area contributed by atoms with Crippen LogP contribution in [0.15, 0.2) is 35.8 Å². The molecule has 1 aromatic carbocycles. The van der Waals surface area contributed by atoms with E-state index >= 15 is 0 Å². The summed E-state index contributed by atoms with van der Waals surface area (Å²) in [7, 11) is 0. The van der Waals surface area contributed by atoms with E-state index in [2.05, 4.69) is 10.5 Å². The number of hydroxylamine groups is 1. The van der Waals surface area contributed by atoms with Gasteiger partial charge in [0.15, 0.2) is 5.75 Å². The molecule has 0 aliphatic carbocycles. The second-order valence-electron chi connectivity index (χ2n) is 3.12. The summed E-state index contributed by atoms with van der Waals surface area (Å²) in [4.78, 5) is 19.8. The summed E-state index contributed by atoms with van der Waals surface area (Å²) in [6.07, 6.45) is 1.77. The average Bonchev–Trinajstić information content (AvgIpc) is 2.80. The van der Waals surface area contributed by atoms with Crippen LogP contribution in [-0.4, -0.2) is 10.9 Å². The van der Waals surface area contributed by atoms with Crippen LogP contribution >= 0.6 is 11.3 Å². The minimum Gasteiger partial charge on any atom is -0.380 e. The van der Waals surface area contributed by atoms with Crippen LogP contribution in [0.4, 0.5) is 0 Å². The molecule has 0 fully saturated rings. The number of aromatic nitrogens is 1. The third kappa shape index (κ3) is 2.58. The Morgan fingerprint density at radius 2 is 2.12 bits per heavy atom. The van der Waals surface area contributed by atoms with Crippen molar-refractivity contribution < 1.29 is 9.63 Å². The van der Waals surface area contributed by atoms with E-state index in [0.717, 1.165) is 10.6 Å². The molecule has 0 unspecified atom stereocenters. The molecule has 0 aliphatic rings. The van der Waals surface area contributed by atoms with E-state index in [4.69, 9.17) is 4.84 Å². The van der Waals surface area contributed by atoms with Gasteiger partial charge in [-0.1, -0.05) is 0 Å². The molecule has 0 atom stereocenters. The molecule has 1 N–H and O–H groups in total. The molecule has 82 valence electrons. The fourth-order valence-electron chi connectivity index (χ4n) is 1.16. The van der Waals surface area contributed by atoms with Gasteiger partial charge >= 0.3 is 0 Å². The predicted molar refractivity (Wildman–Crippen MR) is 62.0 cm³/mol. The van der Waals surface area contributed by atoms with Gasteiger partial charge in [0.1, 0.15) is 5.01 Å². The summed E-state index contributed by atoms with van der Waals surface area (Å²) in [5, 5.41) is 2.89. The Labute approximate surface area is 96.9 Å². The summed E-state index contributed by atoms with van der Waals surface area (Å²) in [6, 6.07) is 7.37. The number of hydrogen-bond acceptors (Lipinski definition) is 4. The summed E-state index contributed by atoms with van der Waals surface area (Å²) in [6.45, 7) is 1.39. The van der Waals surface area contributed by atoms with Gasteiger partial charge in [0.05, 0.1) is 0 Å². The van der Waals surface area contributed by atoms with Crippen LogP contribution in [0.5, 0.6) is 5.75 Å². The molecule has 0 saturated heterocycles. The van der Waals surface area contributed by atoms with Gasteiger partial charge in [0.25, 0.3) is 0 Å². The van der Waals surface area contributed by atoms with Gasteiger partial charge in [-0.25, -0.2) is 4.98 Å². The summed E-state index contributed by atoms with van der Waals surface area (Å²) in [5.41, 5.74) is 3.30. The van der Waals surface area contributed by atoms with Crippen LogP contribution in [0.2, 0.25) is 0 Å². The number of carbonyl (C=O) groups excluding carboxylic acids is 1. The summed E-state index contributed by atoms with van der Waals surface area (Å²) < 4.78 is 0. The van der Waals surface area contributed by atoms with Crippen molar-refractivity contribution in [3.63, 3.8) is 0 Å². The number of thiazole rings is 1. The van der Waals surface area contributed by atoms with Crippen LogP contribution in [0.3, 0.4) is 0 Å². The molecule has 4 nitrogen and oxygen atoms in total. The first-order valence-electron chi connectivity index (χ1n) is 4.69. The predicted octanol–water partition coefficient (Wildman–Crippen LogP) is 2.24. The van der Waals surface area contributed by atoms with Crippen LogP contribution in [0.25, 0.3) is 10.6 Å². The zero-order chi connectivity index (χ0) is 11.4. The molecule has 0 bridgehead atoms. The van der Waals surface area contributed by atoms with Gasteiger partial charge < -0.3 is 4.84 Å². The maximum absolute atomic E-state index is 10.6. The number of benzene rings is 1. The maximum Gasteiger partial charge on any atom is 0.249 e. The Hall–Kier alpha value is -1.88. The lowest BCUT2D eigenvalue weighted by atomic mass is 10.2. The molecule has 2 aromatic rings. The smallest absolute Gasteiger partial charge is 0.249 e. The van der Waals surface area contributed by atoms with E-state index in [-0.39, 0.29) is 5.91 Å². The molecule has 1 heterocycles. The summed E-state index contributed by atoms with van der Waals surface area (Å²) in [5.74, 6) is 0.361. The maximum atomic E-state index is 10.6. The number of amides is 1. The van der Waals surface area contributed by atoms with Crippen LogP contribution in [0.1, 0.15) is 6.92 Å². The fourth-order valence-corrected chi connectivity index (χ4v) is 1.81. The van der Waals surface area contributed by atoms with E-state index in [1.807, 2.05) is 17.5 Å². The first-order valence-corrected chi connectivity index (χ1v) is 5.57. The number of nitrogens with zero attached hydrogens (tertiary/aromatic N) is 1. The van der Waals surface area contributed by atoms with Crippen molar-refractivity contribution in [2.24, 2.45) is 0 Å². The highest BCUT2D eigenvalue weighted by Crippen LogP contribution is 2.23. The molecule has 0 aliphatic heterocycles. The lowest BCUT2D eigenvalue weighted by Gasteiger charge is -2.04. The second kappa shape index (κ2) is 4.76. The lowest BCUT2D eigenvalue weighted by Crippen LogP contribution is -2.23. The Kier molecular flexibility index (Phi) is 3.16. The van der Waals surface area contributed by atoms with Crippen molar-refractivity contribution in [1.29, 1.82) is 0 Å². The highest BCUT2D eigenvalue weighted by atomic mass is 32.1. The Balaban J connectivity index is 2.08. The first-order chi connectivity index (χ1) is 7.75. The lowest BCUT2D eigenvalue weighted by molar-refractivity contribution is -0.125. The van der Waals surface area contributed by atoms with Crippen molar-refractivity contribution in [3.05, 3.63) is 35.8 Å². The zero-order valence-corrected chi connectivity index (χ0v) is 9.45. The van der Waals surface area contributed by atoms with E-state index in [0.29, 0.717) is 5.75 Å². The topological polar surface area (TPSA) is 51.2 Å². The van der Waals surface area contributed by atoms with Crippen molar-refractivity contribution >= 4 is 17.2 Å². The van der Waals surface area contributed by atoms with Gasteiger partial charge in [-0.05, 0) is 24.3 Å². The third-order valence-electron chi connectivity index (χ3n) is 1.85. The molecule has 5 heteroatoms. The molecule has 0 spiro atoms. The summed E-state index contributed by atoms with van der Waals surface area (Å²) >= 11 is 1.58. The van der Waals surface area contributed by atoms with Gasteiger partial charge in [-0.15, -0.1) is 11.3 Å². The second-order valence-corrected chi connectivity index (χ2v) is 4.02. The van der Waals surface area contributed by atoms with E-state index in [1.165, 1.54) is 6.92 Å². The van der Waals surface area contributed by atoms with Gasteiger partial charge in [0.2, 0.25) is 5.91 Å². The first kappa shape index (κ1) is 10.6. The number of nitrogens with one attached hydrogen (secondary N) is 1. The largest absolute Gasteiger partial charge is 0.380 e. The molecule has 0 radical (unpaired) electrons. The zero-order valence-electron chi connectivity index (χ0n) is 8.64. The third-order valence-corrected chi connectivity index (χ3v) is 2.67. The van der Waals surface area contributed by atoms with Crippen LogP contribution < -0.4 is 10.3 Å². The SMILES string of the molecule is CC(=O)NOc1ccc(-c2nccs2)cc1. The average molecular weight is 234 g/mol. The minimum atomic E-state index is -0.232. The Morgan fingerprint density at radius 3 is 2.69 bits per heavy atom. The molecular formula is C11H10N2O2S. The van der Waals surface area contributed by atoms with Crippen molar-refractivity contribution in [1.82, 2.24) is 10.5 Å². The minimum absolute atomic E-state index is 0.232. The van der Waals surface area contributed by atoms with Gasteiger partial charge in [-0.3, -0.25) is 4.79 Å². The monoisotopic (exact) mass is 234 g/mol. The highest BCUT2D eigenvalue weighted by molar-refractivity contribution is 7.13. The molecular weight excluding hydrogens is 224 g/mol. The number of rotatable bonds is 3. The van der Waals surface area contributed by atoms with Gasteiger partial charge in [-0.2, -0.15) is 5.48 Å². The standard InChI is InChI=1S/C11H10N2O2S/c1-8(14)13-15-10-4-2-9(3-5-10)11-12-6-7-16-11/h2-7H,1H3,(H,13,14). The molecule has 16 heavy (non-hydrogen) atoms. The van der Waals surface area contributed by atoms with E-state index in [1.54, 1.807) is 29.7 Å². The highest BCUT2D eigenvalue weighted by Gasteiger charge is 2.01. The number of carbonyl (C=O) groups is 1. The Morgan fingerprint density at radius 1 is 1.38 bits per heavy atom. The molecule has 0 saturated carbocycles.